The number of methoxy groups -OCH3 is 1. The number of phenols is 1. The monoisotopic (exact) mass is 464 g/mol. The highest BCUT2D eigenvalue weighted by molar-refractivity contribution is 6.47. The molecule has 0 saturated carbocycles. The van der Waals surface area contributed by atoms with Crippen molar-refractivity contribution in [3.8, 4) is 11.5 Å². The van der Waals surface area contributed by atoms with Crippen LogP contribution in [0.4, 0.5) is 0 Å². The van der Waals surface area contributed by atoms with Gasteiger partial charge >= 0.3 is 0 Å². The average molecular weight is 465 g/mol. The van der Waals surface area contributed by atoms with E-state index in [0.717, 1.165) is 0 Å². The zero-order chi connectivity index (χ0) is 22.9. The maximum absolute atomic E-state index is 13.0. The van der Waals surface area contributed by atoms with Crippen LogP contribution in [0, 0.1) is 0 Å². The Hall–Kier alpha value is -2.74. The zero-order valence-electron chi connectivity index (χ0n) is 17.2. The number of Topliss-reactive ketones (excluding diaryl/α,β-unsaturated/α-hetero) is 1. The van der Waals surface area contributed by atoms with Gasteiger partial charge in [-0.25, -0.2) is 0 Å². The van der Waals surface area contributed by atoms with Gasteiger partial charge in [0.2, 0.25) is 0 Å². The molecule has 1 fully saturated rings. The number of nitrogens with zero attached hydrogens (tertiary/aromatic N) is 2. The number of ether oxygens (including phenoxy) is 1. The van der Waals surface area contributed by atoms with Crippen LogP contribution in [0.25, 0.3) is 5.76 Å². The van der Waals surface area contributed by atoms with E-state index in [1.807, 2.05) is 19.0 Å². The fourth-order valence-electron chi connectivity index (χ4n) is 3.43. The number of amides is 1. The number of carbonyl (C=O) groups is 2. The van der Waals surface area contributed by atoms with E-state index in [2.05, 4.69) is 0 Å². The molecule has 1 saturated heterocycles. The summed E-state index contributed by atoms with van der Waals surface area (Å²) in [5.41, 5.74) is 0.390. The molecule has 0 spiro atoms. The van der Waals surface area contributed by atoms with Gasteiger partial charge in [-0.05, 0) is 43.9 Å². The van der Waals surface area contributed by atoms with Crippen molar-refractivity contribution < 1.29 is 24.5 Å². The highest BCUT2D eigenvalue weighted by Crippen LogP contribution is 2.42. The van der Waals surface area contributed by atoms with Gasteiger partial charge in [0.25, 0.3) is 11.7 Å². The van der Waals surface area contributed by atoms with Crippen LogP contribution in [0.3, 0.4) is 0 Å². The molecule has 31 heavy (non-hydrogen) atoms. The van der Waals surface area contributed by atoms with Crippen LogP contribution in [-0.4, -0.2) is 66.0 Å². The van der Waals surface area contributed by atoms with E-state index in [4.69, 9.17) is 27.9 Å². The third kappa shape index (κ3) is 4.49. The molecule has 1 atom stereocenters. The van der Waals surface area contributed by atoms with Gasteiger partial charge in [-0.2, -0.15) is 0 Å². The number of rotatable bonds is 6. The Labute approximate surface area is 190 Å². The van der Waals surface area contributed by atoms with Gasteiger partial charge in [-0.15, -0.1) is 0 Å². The van der Waals surface area contributed by atoms with Crippen molar-refractivity contribution in [3.63, 3.8) is 0 Å². The van der Waals surface area contributed by atoms with E-state index in [-0.39, 0.29) is 28.5 Å². The molecule has 7 nitrogen and oxygen atoms in total. The topological polar surface area (TPSA) is 90.3 Å². The molecule has 0 radical (unpaired) electrons. The molecule has 9 heteroatoms. The van der Waals surface area contributed by atoms with Gasteiger partial charge in [0.15, 0.2) is 0 Å². The summed E-state index contributed by atoms with van der Waals surface area (Å²) >= 11 is 12.2. The minimum Gasteiger partial charge on any atom is -0.507 e. The quantitative estimate of drug-likeness (QED) is 0.384. The summed E-state index contributed by atoms with van der Waals surface area (Å²) in [5.74, 6) is -1.98. The lowest BCUT2D eigenvalue weighted by Gasteiger charge is -2.26. The van der Waals surface area contributed by atoms with Gasteiger partial charge in [-0.3, -0.25) is 9.59 Å². The number of carbonyl (C=O) groups excluding carboxylic acids is 2. The summed E-state index contributed by atoms with van der Waals surface area (Å²) in [7, 11) is 5.13. The molecular weight excluding hydrogens is 443 g/mol. The van der Waals surface area contributed by atoms with Crippen molar-refractivity contribution in [3.05, 3.63) is 63.1 Å². The Morgan fingerprint density at radius 2 is 1.84 bits per heavy atom. The van der Waals surface area contributed by atoms with Crippen LogP contribution in [0.2, 0.25) is 10.0 Å². The van der Waals surface area contributed by atoms with Crippen LogP contribution in [0.5, 0.6) is 11.5 Å². The van der Waals surface area contributed by atoms with Crippen LogP contribution in [0.15, 0.2) is 42.0 Å². The summed E-state index contributed by atoms with van der Waals surface area (Å²) in [6.07, 6.45) is 0. The molecule has 2 aromatic carbocycles. The van der Waals surface area contributed by atoms with E-state index in [1.165, 1.54) is 30.2 Å². The first-order valence-corrected chi connectivity index (χ1v) is 10.2. The second-order valence-electron chi connectivity index (χ2n) is 7.35. The normalized spacial score (nSPS) is 18.1. The molecule has 1 amide bonds. The number of aromatic hydroxyl groups is 1. The predicted molar refractivity (Wildman–Crippen MR) is 119 cm³/mol. The largest absolute Gasteiger partial charge is 0.507 e. The Kier molecular flexibility index (Phi) is 6.79. The standard InChI is InChI=1S/C22H22Cl2N2O5/c1-25(2)8-9-26-19(12-4-7-15(23)16(24)10-12)18(21(29)22(26)30)20(28)14-6-5-13(31-3)11-17(14)27/h4-7,10-11,19,27-28H,8-9H2,1-3H3. The summed E-state index contributed by atoms with van der Waals surface area (Å²) in [4.78, 5) is 29.1. The van der Waals surface area contributed by atoms with Crippen molar-refractivity contribution in [1.82, 2.24) is 9.80 Å². The maximum Gasteiger partial charge on any atom is 0.295 e. The molecule has 0 aliphatic carbocycles. The molecule has 0 aromatic heterocycles. The van der Waals surface area contributed by atoms with Crippen molar-refractivity contribution >= 4 is 40.7 Å². The zero-order valence-corrected chi connectivity index (χ0v) is 18.7. The molecule has 0 bridgehead atoms. The Balaban J connectivity index is 2.19. The summed E-state index contributed by atoms with van der Waals surface area (Å²) in [5, 5.41) is 21.9. The average Bonchev–Trinajstić information content (AvgIpc) is 2.98. The molecule has 1 aliphatic heterocycles. The lowest BCUT2D eigenvalue weighted by molar-refractivity contribution is -0.140. The number of aliphatic hydroxyl groups excluding tert-OH is 1. The van der Waals surface area contributed by atoms with E-state index in [0.29, 0.717) is 22.9 Å². The van der Waals surface area contributed by atoms with Crippen molar-refractivity contribution in [2.75, 3.05) is 34.3 Å². The first kappa shape index (κ1) is 22.9. The third-order valence-electron chi connectivity index (χ3n) is 5.05. The van der Waals surface area contributed by atoms with Gasteiger partial charge < -0.3 is 24.7 Å². The van der Waals surface area contributed by atoms with Crippen LogP contribution in [0.1, 0.15) is 17.2 Å². The number of likely N-dealkylation sites (tertiary alicyclic amines) is 1. The second-order valence-corrected chi connectivity index (χ2v) is 8.17. The minimum absolute atomic E-state index is 0.0106. The number of hydrogen-bond donors (Lipinski definition) is 2. The highest BCUT2D eigenvalue weighted by atomic mass is 35.5. The Morgan fingerprint density at radius 1 is 1.13 bits per heavy atom. The number of hydrogen-bond acceptors (Lipinski definition) is 6. The van der Waals surface area contributed by atoms with E-state index in [1.54, 1.807) is 18.2 Å². The third-order valence-corrected chi connectivity index (χ3v) is 5.79. The summed E-state index contributed by atoms with van der Waals surface area (Å²) in [6, 6.07) is 8.14. The molecule has 1 heterocycles. The lowest BCUT2D eigenvalue weighted by Crippen LogP contribution is -2.35. The highest BCUT2D eigenvalue weighted by Gasteiger charge is 2.46. The molecule has 164 valence electrons. The van der Waals surface area contributed by atoms with Gasteiger partial charge in [0.05, 0.1) is 34.3 Å². The van der Waals surface area contributed by atoms with Gasteiger partial charge in [-0.1, -0.05) is 29.3 Å². The SMILES string of the molecule is COc1ccc(C(O)=C2C(=O)C(=O)N(CCN(C)C)C2c2ccc(Cl)c(Cl)c2)c(O)c1. The Bertz CT molecular complexity index is 1070. The second kappa shape index (κ2) is 9.18. The summed E-state index contributed by atoms with van der Waals surface area (Å²) < 4.78 is 5.06. The molecule has 1 aliphatic rings. The van der Waals surface area contributed by atoms with E-state index in [9.17, 15) is 19.8 Å². The number of likely N-dealkylation sites (N-methyl/N-ethyl adjacent to an activating group) is 1. The van der Waals surface area contributed by atoms with Crippen molar-refractivity contribution in [2.24, 2.45) is 0 Å². The number of benzene rings is 2. The van der Waals surface area contributed by atoms with Gasteiger partial charge in [0.1, 0.15) is 17.3 Å². The summed E-state index contributed by atoms with van der Waals surface area (Å²) in [6.45, 7) is 0.743. The van der Waals surface area contributed by atoms with Crippen molar-refractivity contribution in [1.29, 1.82) is 0 Å². The molecular formula is C22H22Cl2N2O5. The van der Waals surface area contributed by atoms with Gasteiger partial charge in [0, 0.05) is 19.2 Å². The molecule has 2 aromatic rings. The lowest BCUT2D eigenvalue weighted by atomic mass is 9.95. The van der Waals surface area contributed by atoms with Crippen LogP contribution < -0.4 is 4.74 Å². The van der Waals surface area contributed by atoms with E-state index >= 15 is 0 Å². The van der Waals surface area contributed by atoms with Crippen LogP contribution in [-0.2, 0) is 9.59 Å². The number of aliphatic hydroxyl groups is 1. The molecule has 1 unspecified atom stereocenters. The van der Waals surface area contributed by atoms with Crippen LogP contribution >= 0.6 is 23.2 Å². The Morgan fingerprint density at radius 3 is 2.42 bits per heavy atom. The fraction of sp³-hybridized carbons (Fsp3) is 0.273. The minimum atomic E-state index is -0.892. The maximum atomic E-state index is 13.0. The fourth-order valence-corrected chi connectivity index (χ4v) is 3.74. The number of halogens is 2. The first-order valence-electron chi connectivity index (χ1n) is 9.41. The van der Waals surface area contributed by atoms with E-state index < -0.39 is 23.5 Å². The number of ketones is 1. The predicted octanol–water partition coefficient (Wildman–Crippen LogP) is 3.69. The molecule has 3 rings (SSSR count). The smallest absolute Gasteiger partial charge is 0.295 e. The number of phenolic OH excluding ortho intramolecular Hbond substituents is 1. The molecule has 2 N–H and O–H groups in total. The first-order chi connectivity index (χ1) is 14.6. The van der Waals surface area contributed by atoms with Crippen molar-refractivity contribution in [2.45, 2.75) is 6.04 Å².